The Morgan fingerprint density at radius 1 is 1.30 bits per heavy atom. The molecule has 0 aromatic carbocycles. The van der Waals surface area contributed by atoms with Crippen LogP contribution >= 0.6 is 0 Å². The molecule has 3 heterocycles. The molecule has 0 N–H and O–H groups in total. The molecule has 1 aliphatic rings. The van der Waals surface area contributed by atoms with Crippen molar-refractivity contribution < 1.29 is 4.52 Å². The van der Waals surface area contributed by atoms with Crippen molar-refractivity contribution in [3.05, 3.63) is 30.8 Å². The van der Waals surface area contributed by atoms with E-state index in [9.17, 15) is 0 Å². The predicted octanol–water partition coefficient (Wildman–Crippen LogP) is 0.960. The van der Waals surface area contributed by atoms with Crippen LogP contribution in [0.2, 0.25) is 0 Å². The fourth-order valence-electron chi connectivity index (χ4n) is 2.60. The van der Waals surface area contributed by atoms with E-state index in [1.807, 2.05) is 6.07 Å². The minimum Gasteiger partial charge on any atom is -0.356 e. The highest BCUT2D eigenvalue weighted by Crippen LogP contribution is 2.20. The van der Waals surface area contributed by atoms with Crippen LogP contribution in [-0.2, 0) is 6.54 Å². The lowest BCUT2D eigenvalue weighted by atomic mass is 10.0. The summed E-state index contributed by atoms with van der Waals surface area (Å²) in [5, 5.41) is 3.64. The third-order valence-corrected chi connectivity index (χ3v) is 3.80. The number of piperidine rings is 1. The maximum Gasteiger partial charge on any atom is 0.240 e. The molecule has 0 aliphatic carbocycles. The summed E-state index contributed by atoms with van der Waals surface area (Å²) in [6.45, 7) is 2.80. The Balaban J connectivity index is 1.53. The molecule has 0 unspecified atom stereocenters. The van der Waals surface area contributed by atoms with Crippen LogP contribution in [0, 0.1) is 0 Å². The molecule has 1 saturated heterocycles. The number of anilines is 1. The zero-order chi connectivity index (χ0) is 13.8. The van der Waals surface area contributed by atoms with Gasteiger partial charge in [0, 0.05) is 32.4 Å². The van der Waals surface area contributed by atoms with Crippen molar-refractivity contribution in [3.63, 3.8) is 0 Å². The molecule has 7 nitrogen and oxygen atoms in total. The van der Waals surface area contributed by atoms with Crippen LogP contribution in [-0.4, -0.2) is 51.2 Å². The molecule has 0 spiro atoms. The van der Waals surface area contributed by atoms with E-state index in [0.717, 1.165) is 38.3 Å². The van der Waals surface area contributed by atoms with E-state index in [1.165, 1.54) is 6.33 Å². The maximum atomic E-state index is 5.05. The highest BCUT2D eigenvalue weighted by molar-refractivity contribution is 5.36. The maximum absolute atomic E-state index is 5.05. The lowest BCUT2D eigenvalue weighted by molar-refractivity contribution is 0.180. The van der Waals surface area contributed by atoms with Gasteiger partial charge in [0.25, 0.3) is 0 Å². The summed E-state index contributed by atoms with van der Waals surface area (Å²) < 4.78 is 5.05. The number of aromatic nitrogens is 4. The van der Waals surface area contributed by atoms with Crippen molar-refractivity contribution >= 4 is 5.82 Å². The van der Waals surface area contributed by atoms with Gasteiger partial charge in [-0.25, -0.2) is 9.97 Å². The molecular weight excluding hydrogens is 256 g/mol. The Kier molecular flexibility index (Phi) is 3.87. The van der Waals surface area contributed by atoms with Crippen molar-refractivity contribution in [3.8, 4) is 0 Å². The SMILES string of the molecule is CN(c1ccncn1)C1CCN(Cc2ncno2)CC1. The van der Waals surface area contributed by atoms with Gasteiger partial charge in [-0.3, -0.25) is 4.90 Å². The fourth-order valence-corrected chi connectivity index (χ4v) is 2.60. The molecule has 0 saturated carbocycles. The second-order valence-corrected chi connectivity index (χ2v) is 5.02. The normalized spacial score (nSPS) is 17.2. The molecule has 106 valence electrons. The molecule has 1 aliphatic heterocycles. The van der Waals surface area contributed by atoms with E-state index >= 15 is 0 Å². The van der Waals surface area contributed by atoms with Gasteiger partial charge in [-0.2, -0.15) is 4.98 Å². The summed E-state index contributed by atoms with van der Waals surface area (Å²) in [6, 6.07) is 2.47. The summed E-state index contributed by atoms with van der Waals surface area (Å²) in [7, 11) is 2.10. The zero-order valence-corrected chi connectivity index (χ0v) is 11.5. The van der Waals surface area contributed by atoms with E-state index in [4.69, 9.17) is 4.52 Å². The minimum atomic E-state index is 0.517. The average molecular weight is 274 g/mol. The first-order valence-corrected chi connectivity index (χ1v) is 6.79. The van der Waals surface area contributed by atoms with E-state index in [2.05, 4.69) is 37.0 Å². The Bertz CT molecular complexity index is 509. The zero-order valence-electron chi connectivity index (χ0n) is 11.5. The lowest BCUT2D eigenvalue weighted by Gasteiger charge is -2.36. The van der Waals surface area contributed by atoms with Gasteiger partial charge >= 0.3 is 0 Å². The van der Waals surface area contributed by atoms with Crippen LogP contribution in [0.3, 0.4) is 0 Å². The Morgan fingerprint density at radius 3 is 2.80 bits per heavy atom. The Labute approximate surface area is 117 Å². The molecular formula is C13H18N6O. The molecule has 0 bridgehead atoms. The van der Waals surface area contributed by atoms with Crippen molar-refractivity contribution in [2.45, 2.75) is 25.4 Å². The third-order valence-electron chi connectivity index (χ3n) is 3.80. The molecule has 7 heteroatoms. The largest absolute Gasteiger partial charge is 0.356 e. The monoisotopic (exact) mass is 274 g/mol. The average Bonchev–Trinajstić information content (AvgIpc) is 3.01. The van der Waals surface area contributed by atoms with Gasteiger partial charge in [-0.15, -0.1) is 0 Å². The Hall–Kier alpha value is -2.02. The summed E-state index contributed by atoms with van der Waals surface area (Å²) in [5.41, 5.74) is 0. The second-order valence-electron chi connectivity index (χ2n) is 5.02. The van der Waals surface area contributed by atoms with E-state index < -0.39 is 0 Å². The van der Waals surface area contributed by atoms with Gasteiger partial charge in [0.2, 0.25) is 5.89 Å². The molecule has 0 atom stereocenters. The molecule has 0 amide bonds. The number of hydrogen-bond donors (Lipinski definition) is 0. The molecule has 2 aromatic heterocycles. The first-order chi connectivity index (χ1) is 9.83. The van der Waals surface area contributed by atoms with E-state index in [-0.39, 0.29) is 0 Å². The quantitative estimate of drug-likeness (QED) is 0.822. The van der Waals surface area contributed by atoms with Crippen LogP contribution in [0.15, 0.2) is 29.4 Å². The van der Waals surface area contributed by atoms with Crippen molar-refractivity contribution in [1.29, 1.82) is 0 Å². The van der Waals surface area contributed by atoms with Crippen LogP contribution in [0.1, 0.15) is 18.7 Å². The van der Waals surface area contributed by atoms with Gasteiger partial charge in [0.1, 0.15) is 12.1 Å². The predicted molar refractivity (Wildman–Crippen MR) is 73.0 cm³/mol. The first-order valence-electron chi connectivity index (χ1n) is 6.79. The summed E-state index contributed by atoms with van der Waals surface area (Å²) in [4.78, 5) is 16.9. The van der Waals surface area contributed by atoms with Crippen molar-refractivity contribution in [2.75, 3.05) is 25.0 Å². The minimum absolute atomic E-state index is 0.517. The van der Waals surface area contributed by atoms with Gasteiger partial charge < -0.3 is 9.42 Å². The van der Waals surface area contributed by atoms with Gasteiger partial charge in [0.15, 0.2) is 6.33 Å². The number of hydrogen-bond acceptors (Lipinski definition) is 7. The van der Waals surface area contributed by atoms with Gasteiger partial charge in [-0.05, 0) is 18.9 Å². The third kappa shape index (κ3) is 2.93. The van der Waals surface area contributed by atoms with Crippen LogP contribution in [0.5, 0.6) is 0 Å². The first kappa shape index (κ1) is 13.0. The van der Waals surface area contributed by atoms with Crippen LogP contribution < -0.4 is 4.90 Å². The number of rotatable bonds is 4. The van der Waals surface area contributed by atoms with Crippen LogP contribution in [0.25, 0.3) is 0 Å². The standard InChI is InChI=1S/C13H18N6O/c1-18(12-2-5-14-9-15-12)11-3-6-19(7-4-11)8-13-16-10-17-20-13/h2,5,9-11H,3-4,6-8H2,1H3. The van der Waals surface area contributed by atoms with E-state index in [1.54, 1.807) is 12.5 Å². The van der Waals surface area contributed by atoms with Crippen molar-refractivity contribution in [1.82, 2.24) is 25.0 Å². The lowest BCUT2D eigenvalue weighted by Crippen LogP contribution is -2.43. The van der Waals surface area contributed by atoms with Gasteiger partial charge in [0.05, 0.1) is 6.54 Å². The molecule has 3 rings (SSSR count). The summed E-state index contributed by atoms with van der Waals surface area (Å²) in [5.74, 6) is 1.67. The smallest absolute Gasteiger partial charge is 0.240 e. The highest BCUT2D eigenvalue weighted by Gasteiger charge is 2.24. The second kappa shape index (κ2) is 5.96. The molecule has 0 radical (unpaired) electrons. The molecule has 20 heavy (non-hydrogen) atoms. The van der Waals surface area contributed by atoms with Gasteiger partial charge in [-0.1, -0.05) is 5.16 Å². The highest BCUT2D eigenvalue weighted by atomic mass is 16.5. The Morgan fingerprint density at radius 2 is 2.15 bits per heavy atom. The number of nitrogens with zero attached hydrogens (tertiary/aromatic N) is 6. The summed E-state index contributed by atoms with van der Waals surface area (Å²) in [6.07, 6.45) is 7.04. The fraction of sp³-hybridized carbons (Fsp3) is 0.538. The summed E-state index contributed by atoms with van der Waals surface area (Å²) >= 11 is 0. The molecule has 1 fully saturated rings. The van der Waals surface area contributed by atoms with E-state index in [0.29, 0.717) is 11.9 Å². The van der Waals surface area contributed by atoms with Crippen molar-refractivity contribution in [2.24, 2.45) is 0 Å². The van der Waals surface area contributed by atoms with Crippen LogP contribution in [0.4, 0.5) is 5.82 Å². The number of likely N-dealkylation sites (tertiary alicyclic amines) is 1. The molecule has 2 aromatic rings. The topological polar surface area (TPSA) is 71.2 Å².